The number of fused-ring (bicyclic) bond motifs is 1. The monoisotopic (exact) mass is 324 g/mol. The molecular formula is C20H24N2O2. The summed E-state index contributed by atoms with van der Waals surface area (Å²) in [4.78, 5) is 4.71. The Morgan fingerprint density at radius 1 is 1.08 bits per heavy atom. The van der Waals surface area contributed by atoms with Gasteiger partial charge in [0.25, 0.3) is 0 Å². The zero-order valence-electron chi connectivity index (χ0n) is 14.4. The van der Waals surface area contributed by atoms with Crippen LogP contribution in [0.15, 0.2) is 48.5 Å². The smallest absolute Gasteiger partial charge is 0.122 e. The quantitative estimate of drug-likeness (QED) is 0.748. The van der Waals surface area contributed by atoms with Gasteiger partial charge < -0.3 is 14.4 Å². The fraction of sp³-hybridized carbons (Fsp3) is 0.350. The summed E-state index contributed by atoms with van der Waals surface area (Å²) in [6.07, 6.45) is -0.597. The van der Waals surface area contributed by atoms with E-state index in [0.29, 0.717) is 12.5 Å². The number of para-hydroxylation sites is 3. The van der Waals surface area contributed by atoms with Gasteiger partial charge in [-0.3, -0.25) is 0 Å². The Morgan fingerprint density at radius 2 is 1.79 bits per heavy atom. The van der Waals surface area contributed by atoms with Gasteiger partial charge >= 0.3 is 0 Å². The maximum Gasteiger partial charge on any atom is 0.122 e. The molecule has 0 amide bonds. The van der Waals surface area contributed by atoms with Crippen molar-refractivity contribution in [2.75, 3.05) is 6.61 Å². The van der Waals surface area contributed by atoms with E-state index in [4.69, 9.17) is 9.72 Å². The van der Waals surface area contributed by atoms with Gasteiger partial charge in [-0.05, 0) is 30.7 Å². The van der Waals surface area contributed by atoms with Crippen LogP contribution in [-0.4, -0.2) is 27.4 Å². The molecule has 0 radical (unpaired) electrons. The first-order valence-corrected chi connectivity index (χ1v) is 8.38. The Morgan fingerprint density at radius 3 is 2.54 bits per heavy atom. The van der Waals surface area contributed by atoms with Gasteiger partial charge in [-0.2, -0.15) is 0 Å². The van der Waals surface area contributed by atoms with E-state index in [0.717, 1.165) is 28.2 Å². The zero-order chi connectivity index (χ0) is 17.1. The third-order valence-corrected chi connectivity index (χ3v) is 4.12. The SMILES string of the molecule is Cc1ccccc1OCC(O)Cn1c(C(C)C)nc2ccccc21. The van der Waals surface area contributed by atoms with E-state index in [-0.39, 0.29) is 6.61 Å². The van der Waals surface area contributed by atoms with Crippen LogP contribution in [0.4, 0.5) is 0 Å². The van der Waals surface area contributed by atoms with Crippen molar-refractivity contribution in [3.05, 3.63) is 59.9 Å². The minimum absolute atomic E-state index is 0.259. The lowest BCUT2D eigenvalue weighted by Crippen LogP contribution is -2.25. The summed E-state index contributed by atoms with van der Waals surface area (Å²) in [5, 5.41) is 10.5. The molecule has 0 saturated heterocycles. The second kappa shape index (κ2) is 7.05. The summed E-state index contributed by atoms with van der Waals surface area (Å²) >= 11 is 0. The lowest BCUT2D eigenvalue weighted by atomic mass is 10.2. The average molecular weight is 324 g/mol. The first kappa shape index (κ1) is 16.5. The minimum Gasteiger partial charge on any atom is -0.491 e. The van der Waals surface area contributed by atoms with Crippen molar-refractivity contribution in [3.63, 3.8) is 0 Å². The Hall–Kier alpha value is -2.33. The van der Waals surface area contributed by atoms with Crippen LogP contribution in [0, 0.1) is 6.92 Å². The van der Waals surface area contributed by atoms with Crippen LogP contribution in [0.2, 0.25) is 0 Å². The number of hydrogen-bond donors (Lipinski definition) is 1. The standard InChI is InChI=1S/C20H24N2O2/c1-14(2)20-21-17-9-5-6-10-18(17)22(20)12-16(23)13-24-19-11-7-4-8-15(19)3/h4-11,14,16,23H,12-13H2,1-3H3. The molecule has 0 aliphatic rings. The molecule has 0 fully saturated rings. The van der Waals surface area contributed by atoms with Crippen molar-refractivity contribution in [1.29, 1.82) is 0 Å². The molecule has 4 heteroatoms. The Labute approximate surface area is 142 Å². The summed E-state index contributed by atoms with van der Waals surface area (Å²) in [6.45, 7) is 6.97. The minimum atomic E-state index is -0.597. The molecule has 1 N–H and O–H groups in total. The molecule has 0 saturated carbocycles. The van der Waals surface area contributed by atoms with Crippen LogP contribution in [0.25, 0.3) is 11.0 Å². The molecule has 1 unspecified atom stereocenters. The maximum atomic E-state index is 10.5. The molecule has 24 heavy (non-hydrogen) atoms. The summed E-state index contributed by atoms with van der Waals surface area (Å²) in [7, 11) is 0. The number of aliphatic hydroxyl groups is 1. The summed E-state index contributed by atoms with van der Waals surface area (Å²) < 4.78 is 7.88. The molecule has 0 aliphatic carbocycles. The molecule has 3 aromatic rings. The third-order valence-electron chi connectivity index (χ3n) is 4.12. The van der Waals surface area contributed by atoms with Crippen molar-refractivity contribution >= 4 is 11.0 Å². The van der Waals surface area contributed by atoms with Gasteiger partial charge in [-0.1, -0.05) is 44.2 Å². The molecule has 1 atom stereocenters. The van der Waals surface area contributed by atoms with E-state index in [9.17, 15) is 5.11 Å². The highest BCUT2D eigenvalue weighted by atomic mass is 16.5. The number of ether oxygens (including phenoxy) is 1. The van der Waals surface area contributed by atoms with Crippen molar-refractivity contribution in [2.45, 2.75) is 39.3 Å². The van der Waals surface area contributed by atoms with E-state index in [1.165, 1.54) is 0 Å². The van der Waals surface area contributed by atoms with Gasteiger partial charge in [-0.25, -0.2) is 4.98 Å². The van der Waals surface area contributed by atoms with Gasteiger partial charge in [-0.15, -0.1) is 0 Å². The molecule has 3 rings (SSSR count). The number of hydrogen-bond acceptors (Lipinski definition) is 3. The van der Waals surface area contributed by atoms with Gasteiger partial charge in [0.1, 0.15) is 24.3 Å². The van der Waals surface area contributed by atoms with Gasteiger partial charge in [0.2, 0.25) is 0 Å². The fourth-order valence-corrected chi connectivity index (χ4v) is 2.89. The number of aromatic nitrogens is 2. The van der Waals surface area contributed by atoms with Crippen LogP contribution in [-0.2, 0) is 6.54 Å². The normalized spacial score (nSPS) is 12.7. The van der Waals surface area contributed by atoms with E-state index < -0.39 is 6.10 Å². The first-order chi connectivity index (χ1) is 11.6. The van der Waals surface area contributed by atoms with Crippen LogP contribution in [0.3, 0.4) is 0 Å². The molecule has 0 aliphatic heterocycles. The number of nitrogens with zero attached hydrogens (tertiary/aromatic N) is 2. The van der Waals surface area contributed by atoms with E-state index >= 15 is 0 Å². The van der Waals surface area contributed by atoms with Gasteiger partial charge in [0.05, 0.1) is 17.6 Å². The summed E-state index contributed by atoms with van der Waals surface area (Å²) in [6, 6.07) is 15.9. The highest BCUT2D eigenvalue weighted by molar-refractivity contribution is 5.76. The second-order valence-corrected chi connectivity index (χ2v) is 6.45. The number of aliphatic hydroxyl groups excluding tert-OH is 1. The fourth-order valence-electron chi connectivity index (χ4n) is 2.89. The van der Waals surface area contributed by atoms with Crippen molar-refractivity contribution in [2.24, 2.45) is 0 Å². The largest absolute Gasteiger partial charge is 0.491 e. The third kappa shape index (κ3) is 3.44. The number of rotatable bonds is 6. The second-order valence-electron chi connectivity index (χ2n) is 6.45. The highest BCUT2D eigenvalue weighted by Gasteiger charge is 2.16. The zero-order valence-corrected chi connectivity index (χ0v) is 14.4. The lowest BCUT2D eigenvalue weighted by molar-refractivity contribution is 0.0922. The molecule has 2 aromatic carbocycles. The van der Waals surface area contributed by atoms with E-state index in [2.05, 4.69) is 18.4 Å². The molecule has 4 nitrogen and oxygen atoms in total. The first-order valence-electron chi connectivity index (χ1n) is 8.38. The van der Waals surface area contributed by atoms with Crippen molar-refractivity contribution < 1.29 is 9.84 Å². The summed E-state index contributed by atoms with van der Waals surface area (Å²) in [5.74, 6) is 2.10. The topological polar surface area (TPSA) is 47.3 Å². The Bertz CT molecular complexity index is 823. The maximum absolute atomic E-state index is 10.5. The van der Waals surface area contributed by atoms with Crippen LogP contribution in [0.1, 0.15) is 31.2 Å². The molecule has 1 aromatic heterocycles. The van der Waals surface area contributed by atoms with Crippen molar-refractivity contribution in [3.8, 4) is 5.75 Å². The Kier molecular flexibility index (Phi) is 4.86. The Balaban J connectivity index is 1.76. The number of imidazole rings is 1. The van der Waals surface area contributed by atoms with E-state index in [1.807, 2.05) is 55.5 Å². The molecule has 0 bridgehead atoms. The molecule has 0 spiro atoms. The van der Waals surface area contributed by atoms with Gasteiger partial charge in [0, 0.05) is 5.92 Å². The predicted octanol–water partition coefficient (Wildman–Crippen LogP) is 3.91. The predicted molar refractivity (Wildman–Crippen MR) is 96.5 cm³/mol. The van der Waals surface area contributed by atoms with E-state index in [1.54, 1.807) is 0 Å². The summed E-state index contributed by atoms with van der Waals surface area (Å²) in [5.41, 5.74) is 3.09. The molecule has 126 valence electrons. The number of aryl methyl sites for hydroxylation is 1. The van der Waals surface area contributed by atoms with Gasteiger partial charge in [0.15, 0.2) is 0 Å². The van der Waals surface area contributed by atoms with Crippen LogP contribution in [0.5, 0.6) is 5.75 Å². The molecule has 1 heterocycles. The molecular weight excluding hydrogens is 300 g/mol. The van der Waals surface area contributed by atoms with Crippen LogP contribution < -0.4 is 4.74 Å². The highest BCUT2D eigenvalue weighted by Crippen LogP contribution is 2.22. The van der Waals surface area contributed by atoms with Crippen molar-refractivity contribution in [1.82, 2.24) is 9.55 Å². The van der Waals surface area contributed by atoms with Crippen LogP contribution >= 0.6 is 0 Å². The lowest BCUT2D eigenvalue weighted by Gasteiger charge is -2.17. The number of benzene rings is 2. The average Bonchev–Trinajstić information content (AvgIpc) is 2.93.